The minimum Gasteiger partial charge on any atom is -0.347 e. The third kappa shape index (κ3) is 3.44. The molecule has 0 spiro atoms. The van der Waals surface area contributed by atoms with Crippen LogP contribution < -0.4 is 5.32 Å². The Labute approximate surface area is 117 Å². The highest BCUT2D eigenvalue weighted by atomic mass is 32.1. The number of thiophene rings is 1. The second-order valence-corrected chi connectivity index (χ2v) is 5.81. The van der Waals surface area contributed by atoms with Gasteiger partial charge in [0.1, 0.15) is 0 Å². The number of amides is 1. The van der Waals surface area contributed by atoms with Gasteiger partial charge in [0.05, 0.1) is 11.4 Å². The Kier molecular flexibility index (Phi) is 4.37. The summed E-state index contributed by atoms with van der Waals surface area (Å²) in [6.07, 6.45) is 4.62. The van der Waals surface area contributed by atoms with Crippen LogP contribution in [0.5, 0.6) is 0 Å². The van der Waals surface area contributed by atoms with Crippen LogP contribution in [0.2, 0.25) is 0 Å². The van der Waals surface area contributed by atoms with Crippen molar-refractivity contribution in [3.63, 3.8) is 0 Å². The van der Waals surface area contributed by atoms with Crippen LogP contribution in [0, 0.1) is 6.92 Å². The molecule has 1 amide bonds. The van der Waals surface area contributed by atoms with E-state index in [-0.39, 0.29) is 11.9 Å². The molecule has 2 aromatic heterocycles. The van der Waals surface area contributed by atoms with E-state index >= 15 is 0 Å². The molecule has 0 aliphatic carbocycles. The maximum atomic E-state index is 12.1. The molecular formula is C14H19N3OS. The van der Waals surface area contributed by atoms with Crippen molar-refractivity contribution in [3.05, 3.63) is 39.8 Å². The molecule has 1 unspecified atom stereocenters. The van der Waals surface area contributed by atoms with E-state index in [0.29, 0.717) is 6.54 Å². The van der Waals surface area contributed by atoms with Crippen LogP contribution in [0.4, 0.5) is 0 Å². The maximum Gasteiger partial charge on any atom is 0.261 e. The highest BCUT2D eigenvalue weighted by Crippen LogP contribution is 2.22. The lowest BCUT2D eigenvalue weighted by Gasteiger charge is -2.13. The van der Waals surface area contributed by atoms with Crippen LogP contribution >= 0.6 is 11.3 Å². The van der Waals surface area contributed by atoms with Crippen molar-refractivity contribution in [3.8, 4) is 0 Å². The smallest absolute Gasteiger partial charge is 0.261 e. The molecular weight excluding hydrogens is 258 g/mol. The van der Waals surface area contributed by atoms with Gasteiger partial charge in [0.2, 0.25) is 0 Å². The van der Waals surface area contributed by atoms with E-state index in [1.165, 1.54) is 10.4 Å². The summed E-state index contributed by atoms with van der Waals surface area (Å²) in [7, 11) is 0. The van der Waals surface area contributed by atoms with Crippen molar-refractivity contribution >= 4 is 17.2 Å². The minimum atomic E-state index is 0.00690. The third-order valence-corrected chi connectivity index (χ3v) is 4.34. The zero-order valence-electron chi connectivity index (χ0n) is 11.5. The van der Waals surface area contributed by atoms with Gasteiger partial charge in [-0.1, -0.05) is 6.92 Å². The molecule has 102 valence electrons. The van der Waals surface area contributed by atoms with Crippen molar-refractivity contribution in [1.29, 1.82) is 0 Å². The lowest BCUT2D eigenvalue weighted by atomic mass is 10.2. The van der Waals surface area contributed by atoms with Crippen LogP contribution in [-0.2, 0) is 13.0 Å². The van der Waals surface area contributed by atoms with E-state index in [4.69, 9.17) is 0 Å². The Bertz CT molecular complexity index is 545. The topological polar surface area (TPSA) is 46.9 Å². The standard InChI is InChI=1S/C14H19N3OS/c1-4-12-10(2)8-13(19-12)14(18)16-11(3)9-17-7-5-6-15-17/h5-8,11H,4,9H2,1-3H3,(H,16,18). The first-order chi connectivity index (χ1) is 9.10. The predicted octanol–water partition coefficient (Wildman–Crippen LogP) is 2.63. The first-order valence-corrected chi connectivity index (χ1v) is 7.29. The zero-order chi connectivity index (χ0) is 13.8. The van der Waals surface area contributed by atoms with Gasteiger partial charge in [-0.3, -0.25) is 9.48 Å². The normalized spacial score (nSPS) is 12.4. The number of hydrogen-bond donors (Lipinski definition) is 1. The molecule has 5 heteroatoms. The predicted molar refractivity (Wildman–Crippen MR) is 77.6 cm³/mol. The number of carbonyl (C=O) groups excluding carboxylic acids is 1. The Morgan fingerprint density at radius 2 is 2.37 bits per heavy atom. The van der Waals surface area contributed by atoms with E-state index in [1.807, 2.05) is 29.9 Å². The van der Waals surface area contributed by atoms with Crippen LogP contribution in [0.25, 0.3) is 0 Å². The summed E-state index contributed by atoms with van der Waals surface area (Å²) in [5, 5.41) is 7.15. The van der Waals surface area contributed by atoms with Crippen molar-refractivity contribution in [2.24, 2.45) is 0 Å². The van der Waals surface area contributed by atoms with Crippen LogP contribution in [0.1, 0.15) is 34.0 Å². The number of aryl methyl sites for hydroxylation is 2. The number of nitrogens with one attached hydrogen (secondary N) is 1. The molecule has 0 saturated carbocycles. The molecule has 0 radical (unpaired) electrons. The Morgan fingerprint density at radius 3 is 2.95 bits per heavy atom. The molecule has 4 nitrogen and oxygen atoms in total. The SMILES string of the molecule is CCc1sc(C(=O)NC(C)Cn2cccn2)cc1C. The highest BCUT2D eigenvalue weighted by Gasteiger charge is 2.14. The average Bonchev–Trinajstić information content (AvgIpc) is 2.98. The second kappa shape index (κ2) is 6.02. The van der Waals surface area contributed by atoms with E-state index in [9.17, 15) is 4.79 Å². The average molecular weight is 277 g/mol. The molecule has 2 heterocycles. The van der Waals surface area contributed by atoms with Crippen LogP contribution in [-0.4, -0.2) is 21.7 Å². The maximum absolute atomic E-state index is 12.1. The van der Waals surface area contributed by atoms with Crippen molar-refractivity contribution in [2.75, 3.05) is 0 Å². The summed E-state index contributed by atoms with van der Waals surface area (Å²) in [6.45, 7) is 6.84. The highest BCUT2D eigenvalue weighted by molar-refractivity contribution is 7.14. The van der Waals surface area contributed by atoms with Crippen molar-refractivity contribution in [2.45, 2.75) is 39.8 Å². The van der Waals surface area contributed by atoms with Crippen molar-refractivity contribution in [1.82, 2.24) is 15.1 Å². The lowest BCUT2D eigenvalue weighted by molar-refractivity contribution is 0.0940. The molecule has 0 aromatic carbocycles. The van der Waals surface area contributed by atoms with Gasteiger partial charge in [-0.25, -0.2) is 0 Å². The fourth-order valence-corrected chi connectivity index (χ4v) is 3.03. The third-order valence-electron chi connectivity index (χ3n) is 2.96. The first-order valence-electron chi connectivity index (χ1n) is 6.47. The molecule has 2 rings (SSSR count). The molecule has 0 aliphatic rings. The van der Waals surface area contributed by atoms with Gasteiger partial charge in [-0.05, 0) is 38.0 Å². The Morgan fingerprint density at radius 1 is 1.58 bits per heavy atom. The number of hydrogen-bond acceptors (Lipinski definition) is 3. The summed E-state index contributed by atoms with van der Waals surface area (Å²) >= 11 is 1.58. The minimum absolute atomic E-state index is 0.00690. The van der Waals surface area contributed by atoms with Crippen LogP contribution in [0.3, 0.4) is 0 Å². The Balaban J connectivity index is 1.96. The van der Waals surface area contributed by atoms with E-state index in [0.717, 1.165) is 11.3 Å². The van der Waals surface area contributed by atoms with E-state index in [1.54, 1.807) is 17.5 Å². The largest absolute Gasteiger partial charge is 0.347 e. The summed E-state index contributed by atoms with van der Waals surface area (Å²) in [4.78, 5) is 14.2. The van der Waals surface area contributed by atoms with E-state index < -0.39 is 0 Å². The molecule has 19 heavy (non-hydrogen) atoms. The molecule has 2 aromatic rings. The molecule has 1 N–H and O–H groups in total. The van der Waals surface area contributed by atoms with Gasteiger partial charge in [0.25, 0.3) is 5.91 Å². The summed E-state index contributed by atoms with van der Waals surface area (Å²) in [6, 6.07) is 3.91. The van der Waals surface area contributed by atoms with Crippen LogP contribution in [0.15, 0.2) is 24.5 Å². The molecule has 0 fully saturated rings. The monoisotopic (exact) mass is 277 g/mol. The van der Waals surface area contributed by atoms with Gasteiger partial charge < -0.3 is 5.32 Å². The summed E-state index contributed by atoms with van der Waals surface area (Å²) in [5.41, 5.74) is 1.21. The number of nitrogens with zero attached hydrogens (tertiary/aromatic N) is 2. The Hall–Kier alpha value is -1.62. The second-order valence-electron chi connectivity index (χ2n) is 4.67. The molecule has 0 bridgehead atoms. The fraction of sp³-hybridized carbons (Fsp3) is 0.429. The van der Waals surface area contributed by atoms with Gasteiger partial charge in [0, 0.05) is 23.3 Å². The lowest BCUT2D eigenvalue weighted by Crippen LogP contribution is -2.35. The molecule has 1 atom stereocenters. The van der Waals surface area contributed by atoms with E-state index in [2.05, 4.69) is 24.3 Å². The van der Waals surface area contributed by atoms with Gasteiger partial charge in [0.15, 0.2) is 0 Å². The summed E-state index contributed by atoms with van der Waals surface area (Å²) in [5.74, 6) is 0.00690. The quantitative estimate of drug-likeness (QED) is 0.913. The van der Waals surface area contributed by atoms with Crippen molar-refractivity contribution < 1.29 is 4.79 Å². The van der Waals surface area contributed by atoms with Gasteiger partial charge >= 0.3 is 0 Å². The van der Waals surface area contributed by atoms with Gasteiger partial charge in [-0.15, -0.1) is 11.3 Å². The number of aromatic nitrogens is 2. The molecule has 0 aliphatic heterocycles. The fourth-order valence-electron chi connectivity index (χ4n) is 2.01. The zero-order valence-corrected chi connectivity index (χ0v) is 12.3. The summed E-state index contributed by atoms with van der Waals surface area (Å²) < 4.78 is 1.82. The van der Waals surface area contributed by atoms with Gasteiger partial charge in [-0.2, -0.15) is 5.10 Å². The molecule has 0 saturated heterocycles. The number of carbonyl (C=O) groups is 1. The number of rotatable bonds is 5. The first kappa shape index (κ1) is 13.8.